The maximum atomic E-state index is 15.2. The second-order valence-corrected chi connectivity index (χ2v) is 9.95. The number of halogens is 2. The van der Waals surface area contributed by atoms with Crippen LogP contribution in [-0.2, 0) is 16.6 Å². The minimum absolute atomic E-state index is 0.156. The zero-order valence-electron chi connectivity index (χ0n) is 23.1. The van der Waals surface area contributed by atoms with Crippen LogP contribution in [0.4, 0.5) is 8.78 Å². The minimum atomic E-state index is -1.44. The molecule has 212 valence electrons. The van der Waals surface area contributed by atoms with Crippen LogP contribution in [0.5, 0.6) is 0 Å². The summed E-state index contributed by atoms with van der Waals surface area (Å²) in [6.07, 6.45) is 1.36. The lowest BCUT2D eigenvalue weighted by Crippen LogP contribution is -2.49. The van der Waals surface area contributed by atoms with Crippen molar-refractivity contribution < 1.29 is 28.3 Å². The van der Waals surface area contributed by atoms with Gasteiger partial charge in [-0.3, -0.25) is 19.2 Å². The molecule has 2 aromatic carbocycles. The lowest BCUT2D eigenvalue weighted by Gasteiger charge is -2.24. The predicted octanol–water partition coefficient (Wildman–Crippen LogP) is 4.49. The quantitative estimate of drug-likeness (QED) is 0.342. The SMILES string of the molecule is CCC[C@H](NC(=O)c1cccn(C)c1=O)C(=O)N[C@@H](CC(=O)O)c1cc(-c2c(C)cc(C)cc2C)cc(F)c1F. The Morgan fingerprint density at radius 2 is 1.68 bits per heavy atom. The lowest BCUT2D eigenvalue weighted by atomic mass is 9.91. The van der Waals surface area contributed by atoms with Crippen LogP contribution >= 0.6 is 0 Å². The van der Waals surface area contributed by atoms with Gasteiger partial charge in [0.05, 0.1) is 12.5 Å². The lowest BCUT2D eigenvalue weighted by molar-refractivity contribution is -0.137. The standard InChI is InChI=1S/C30H33F2N3O5/c1-6-8-23(33-28(38)20-9-7-10-35(5)30(20)40)29(39)34-24(15-25(36)37)21-13-19(14-22(31)27(21)32)26-17(3)11-16(2)12-18(26)4/h7,9-14,23-24H,6,8,15H2,1-5H3,(H,33,38)(H,34,39)(H,36,37)/t23-,24-/m0/s1. The summed E-state index contributed by atoms with van der Waals surface area (Å²) in [6, 6.07) is 6.43. The van der Waals surface area contributed by atoms with Crippen LogP contribution in [0, 0.1) is 32.4 Å². The molecule has 3 N–H and O–H groups in total. The van der Waals surface area contributed by atoms with Gasteiger partial charge in [0.1, 0.15) is 11.6 Å². The van der Waals surface area contributed by atoms with Crippen molar-refractivity contribution in [3.05, 3.63) is 92.4 Å². The first-order valence-electron chi connectivity index (χ1n) is 12.9. The Morgan fingerprint density at radius 3 is 2.27 bits per heavy atom. The number of hydrogen-bond acceptors (Lipinski definition) is 4. The van der Waals surface area contributed by atoms with E-state index in [1.54, 1.807) is 6.92 Å². The molecule has 10 heteroatoms. The van der Waals surface area contributed by atoms with E-state index in [0.29, 0.717) is 17.5 Å². The number of benzene rings is 2. The van der Waals surface area contributed by atoms with Crippen LogP contribution in [0.2, 0.25) is 0 Å². The number of pyridine rings is 1. The molecule has 0 unspecified atom stereocenters. The number of carbonyl (C=O) groups excluding carboxylic acids is 2. The first kappa shape index (κ1) is 30.2. The van der Waals surface area contributed by atoms with E-state index < -0.39 is 53.5 Å². The molecule has 2 atom stereocenters. The zero-order chi connectivity index (χ0) is 29.7. The molecule has 0 spiro atoms. The van der Waals surface area contributed by atoms with Crippen LogP contribution < -0.4 is 16.2 Å². The van der Waals surface area contributed by atoms with Gasteiger partial charge in [0.25, 0.3) is 11.5 Å². The molecule has 0 saturated heterocycles. The highest BCUT2D eigenvalue weighted by Crippen LogP contribution is 2.33. The van der Waals surface area contributed by atoms with Gasteiger partial charge in [0.15, 0.2) is 11.6 Å². The van der Waals surface area contributed by atoms with E-state index >= 15 is 4.39 Å². The van der Waals surface area contributed by atoms with E-state index in [0.717, 1.165) is 22.8 Å². The van der Waals surface area contributed by atoms with Crippen LogP contribution in [0.25, 0.3) is 11.1 Å². The normalized spacial score (nSPS) is 12.5. The topological polar surface area (TPSA) is 118 Å². The summed E-state index contributed by atoms with van der Waals surface area (Å²) < 4.78 is 31.3. The van der Waals surface area contributed by atoms with Gasteiger partial charge in [-0.15, -0.1) is 0 Å². The van der Waals surface area contributed by atoms with E-state index in [9.17, 15) is 28.7 Å². The molecule has 0 bridgehead atoms. The molecule has 0 aliphatic rings. The molecule has 0 fully saturated rings. The summed E-state index contributed by atoms with van der Waals surface area (Å²) in [4.78, 5) is 50.2. The van der Waals surface area contributed by atoms with Gasteiger partial charge < -0.3 is 20.3 Å². The summed E-state index contributed by atoms with van der Waals surface area (Å²) >= 11 is 0. The molecule has 3 aromatic rings. The third-order valence-corrected chi connectivity index (χ3v) is 6.66. The molecule has 0 radical (unpaired) electrons. The number of hydrogen-bond donors (Lipinski definition) is 3. The summed E-state index contributed by atoms with van der Waals surface area (Å²) in [5.41, 5.74) is 2.59. The number of carboxylic acid groups (broad SMARTS) is 1. The second-order valence-electron chi connectivity index (χ2n) is 9.95. The largest absolute Gasteiger partial charge is 0.481 e. The van der Waals surface area contributed by atoms with Gasteiger partial charge in [-0.1, -0.05) is 31.0 Å². The third-order valence-electron chi connectivity index (χ3n) is 6.66. The Bertz CT molecular complexity index is 1490. The van der Waals surface area contributed by atoms with Gasteiger partial charge in [0.2, 0.25) is 5.91 Å². The highest BCUT2D eigenvalue weighted by molar-refractivity contribution is 5.97. The molecular formula is C30H33F2N3O5. The van der Waals surface area contributed by atoms with E-state index in [-0.39, 0.29) is 17.5 Å². The Balaban J connectivity index is 1.99. The van der Waals surface area contributed by atoms with E-state index in [1.165, 1.54) is 36.0 Å². The van der Waals surface area contributed by atoms with Crippen molar-refractivity contribution in [2.75, 3.05) is 0 Å². The number of carbonyl (C=O) groups is 3. The van der Waals surface area contributed by atoms with Crippen molar-refractivity contribution in [1.29, 1.82) is 0 Å². The van der Waals surface area contributed by atoms with Gasteiger partial charge in [0, 0.05) is 18.8 Å². The first-order valence-corrected chi connectivity index (χ1v) is 12.9. The number of aryl methyl sites for hydroxylation is 4. The van der Waals surface area contributed by atoms with Gasteiger partial charge in [-0.2, -0.15) is 0 Å². The van der Waals surface area contributed by atoms with E-state index in [2.05, 4.69) is 10.6 Å². The molecule has 2 amide bonds. The fraction of sp³-hybridized carbons (Fsp3) is 0.333. The van der Waals surface area contributed by atoms with Crippen molar-refractivity contribution in [2.45, 2.75) is 59.0 Å². The van der Waals surface area contributed by atoms with Crippen LogP contribution in [-0.4, -0.2) is 33.5 Å². The summed E-state index contributed by atoms with van der Waals surface area (Å²) in [5.74, 6) is -5.38. The van der Waals surface area contributed by atoms with Crippen LogP contribution in [0.1, 0.15) is 64.8 Å². The molecule has 0 aliphatic heterocycles. The highest BCUT2D eigenvalue weighted by atomic mass is 19.2. The van der Waals surface area contributed by atoms with Crippen LogP contribution in [0.15, 0.2) is 47.4 Å². The van der Waals surface area contributed by atoms with Crippen molar-refractivity contribution in [3.8, 4) is 11.1 Å². The molecular weight excluding hydrogens is 520 g/mol. The average Bonchev–Trinajstić information content (AvgIpc) is 2.86. The van der Waals surface area contributed by atoms with Crippen LogP contribution in [0.3, 0.4) is 0 Å². The molecule has 40 heavy (non-hydrogen) atoms. The third kappa shape index (κ3) is 6.80. The number of nitrogens with one attached hydrogen (secondary N) is 2. The zero-order valence-corrected chi connectivity index (χ0v) is 23.1. The highest BCUT2D eigenvalue weighted by Gasteiger charge is 2.29. The number of aliphatic carboxylic acids is 1. The van der Waals surface area contributed by atoms with Gasteiger partial charge >= 0.3 is 5.97 Å². The Labute approximate surface area is 231 Å². The van der Waals surface area contributed by atoms with Gasteiger partial charge in [-0.05, 0) is 73.7 Å². The average molecular weight is 554 g/mol. The number of amides is 2. The fourth-order valence-electron chi connectivity index (χ4n) is 4.89. The maximum absolute atomic E-state index is 15.2. The van der Waals surface area contributed by atoms with Gasteiger partial charge in [-0.25, -0.2) is 8.78 Å². The fourth-order valence-corrected chi connectivity index (χ4v) is 4.89. The summed E-state index contributed by atoms with van der Waals surface area (Å²) in [6.45, 7) is 7.36. The molecule has 3 rings (SSSR count). The summed E-state index contributed by atoms with van der Waals surface area (Å²) in [5, 5.41) is 14.6. The maximum Gasteiger partial charge on any atom is 0.305 e. The molecule has 0 saturated carbocycles. The van der Waals surface area contributed by atoms with E-state index in [1.807, 2.05) is 32.9 Å². The Kier molecular flexibility index (Phi) is 9.57. The monoisotopic (exact) mass is 553 g/mol. The number of carboxylic acids is 1. The first-order chi connectivity index (χ1) is 18.8. The minimum Gasteiger partial charge on any atom is -0.481 e. The molecule has 8 nitrogen and oxygen atoms in total. The number of nitrogens with zero attached hydrogens (tertiary/aromatic N) is 1. The van der Waals surface area contributed by atoms with Crippen molar-refractivity contribution in [2.24, 2.45) is 7.05 Å². The van der Waals surface area contributed by atoms with E-state index in [4.69, 9.17) is 0 Å². The van der Waals surface area contributed by atoms with Crippen molar-refractivity contribution in [1.82, 2.24) is 15.2 Å². The Morgan fingerprint density at radius 1 is 1.02 bits per heavy atom. The number of rotatable bonds is 10. The summed E-state index contributed by atoms with van der Waals surface area (Å²) in [7, 11) is 1.48. The molecule has 1 heterocycles. The second kappa shape index (κ2) is 12.7. The number of aromatic nitrogens is 1. The smallest absolute Gasteiger partial charge is 0.305 e. The van der Waals surface area contributed by atoms with Crippen molar-refractivity contribution in [3.63, 3.8) is 0 Å². The Hall–Kier alpha value is -4.34. The predicted molar refractivity (Wildman–Crippen MR) is 147 cm³/mol. The molecule has 1 aromatic heterocycles. The van der Waals surface area contributed by atoms with Crippen molar-refractivity contribution >= 4 is 17.8 Å². The molecule has 0 aliphatic carbocycles.